The minimum absolute atomic E-state index is 0.111. The second-order valence-electron chi connectivity index (χ2n) is 3.06. The van der Waals surface area contributed by atoms with Gasteiger partial charge in [0.15, 0.2) is 0 Å². The second kappa shape index (κ2) is 4.57. The fourth-order valence-electron chi connectivity index (χ4n) is 1.08. The lowest BCUT2D eigenvalue weighted by Gasteiger charge is -2.16. The Balaban J connectivity index is 2.96. The van der Waals surface area contributed by atoms with E-state index in [4.69, 9.17) is 28.2 Å². The third-order valence-electron chi connectivity index (χ3n) is 2.00. The zero-order valence-corrected chi connectivity index (χ0v) is 8.41. The maximum Gasteiger partial charge on any atom is 0.322 e. The van der Waals surface area contributed by atoms with E-state index in [1.54, 1.807) is 0 Å². The molecule has 0 aliphatic rings. The van der Waals surface area contributed by atoms with E-state index in [1.165, 1.54) is 12.1 Å². The Labute approximate surface area is 90.6 Å². The van der Waals surface area contributed by atoms with E-state index in [-0.39, 0.29) is 5.02 Å². The van der Waals surface area contributed by atoms with E-state index in [0.29, 0.717) is 5.56 Å². The van der Waals surface area contributed by atoms with E-state index < -0.39 is 23.9 Å². The van der Waals surface area contributed by atoms with Crippen LogP contribution in [0.15, 0.2) is 18.2 Å². The molecule has 2 atom stereocenters. The summed E-state index contributed by atoms with van der Waals surface area (Å²) in [7, 11) is 0. The lowest BCUT2D eigenvalue weighted by atomic mass is 10.0. The molecule has 0 bridgehead atoms. The number of carboxylic acid groups (broad SMARTS) is 1. The predicted molar refractivity (Wildman–Crippen MR) is 53.9 cm³/mol. The average molecular weight is 233 g/mol. The highest BCUT2D eigenvalue weighted by atomic mass is 35.5. The van der Waals surface area contributed by atoms with Gasteiger partial charge in [-0.3, -0.25) is 4.79 Å². The van der Waals surface area contributed by atoms with Crippen LogP contribution >= 0.6 is 11.6 Å². The largest absolute Gasteiger partial charge is 0.480 e. The van der Waals surface area contributed by atoms with Gasteiger partial charge in [-0.05, 0) is 17.7 Å². The first-order valence-corrected chi connectivity index (χ1v) is 4.50. The topological polar surface area (TPSA) is 89.3 Å². The van der Waals surface area contributed by atoms with Gasteiger partial charge in [0.05, 0.1) is 11.1 Å². The lowest BCUT2D eigenvalue weighted by molar-refractivity contribution is -0.139. The Morgan fingerprint density at radius 1 is 1.47 bits per heavy atom. The Hall–Kier alpha value is -1.17. The molecule has 0 saturated heterocycles. The van der Waals surface area contributed by atoms with Gasteiger partial charge in [0.2, 0.25) is 0 Å². The maximum atomic E-state index is 12.8. The summed E-state index contributed by atoms with van der Waals surface area (Å²) in [5.41, 5.74) is 11.3. The maximum absolute atomic E-state index is 12.8. The molecule has 6 heteroatoms. The number of hydrogen-bond acceptors (Lipinski definition) is 3. The van der Waals surface area contributed by atoms with Crippen LogP contribution in [0.2, 0.25) is 5.02 Å². The molecule has 4 nitrogen and oxygen atoms in total. The van der Waals surface area contributed by atoms with Crippen molar-refractivity contribution >= 4 is 17.6 Å². The number of rotatable bonds is 3. The number of carboxylic acids is 1. The average Bonchev–Trinajstić information content (AvgIpc) is 2.19. The third-order valence-corrected chi connectivity index (χ3v) is 2.29. The Kier molecular flexibility index (Phi) is 3.62. The molecule has 0 amide bonds. The van der Waals surface area contributed by atoms with Gasteiger partial charge in [0.1, 0.15) is 11.9 Å². The number of hydrogen-bond donors (Lipinski definition) is 3. The zero-order valence-electron chi connectivity index (χ0n) is 7.65. The molecule has 0 aliphatic heterocycles. The van der Waals surface area contributed by atoms with Crippen LogP contribution < -0.4 is 11.5 Å². The van der Waals surface area contributed by atoms with Gasteiger partial charge < -0.3 is 16.6 Å². The van der Waals surface area contributed by atoms with Gasteiger partial charge >= 0.3 is 5.97 Å². The second-order valence-corrected chi connectivity index (χ2v) is 3.47. The molecule has 0 heterocycles. The van der Waals surface area contributed by atoms with Crippen LogP contribution in [-0.4, -0.2) is 17.1 Å². The van der Waals surface area contributed by atoms with Crippen LogP contribution in [0.5, 0.6) is 0 Å². The summed E-state index contributed by atoms with van der Waals surface area (Å²) >= 11 is 5.52. The molecule has 1 aromatic rings. The van der Waals surface area contributed by atoms with E-state index in [1.807, 2.05) is 0 Å². The molecule has 15 heavy (non-hydrogen) atoms. The number of halogens is 2. The fraction of sp³-hybridized carbons (Fsp3) is 0.222. The van der Waals surface area contributed by atoms with Crippen molar-refractivity contribution in [1.82, 2.24) is 0 Å². The summed E-state index contributed by atoms with van der Waals surface area (Å²) < 4.78 is 12.8. The first-order chi connectivity index (χ1) is 6.93. The van der Waals surface area contributed by atoms with Crippen LogP contribution in [0.1, 0.15) is 11.6 Å². The highest BCUT2D eigenvalue weighted by Gasteiger charge is 2.22. The minimum Gasteiger partial charge on any atom is -0.480 e. The monoisotopic (exact) mass is 232 g/mol. The van der Waals surface area contributed by atoms with E-state index in [0.717, 1.165) is 6.07 Å². The molecular weight excluding hydrogens is 223 g/mol. The van der Waals surface area contributed by atoms with E-state index in [2.05, 4.69) is 0 Å². The third kappa shape index (κ3) is 2.65. The zero-order chi connectivity index (χ0) is 11.6. The molecule has 0 saturated carbocycles. The smallest absolute Gasteiger partial charge is 0.322 e. The van der Waals surface area contributed by atoms with Crippen molar-refractivity contribution in [3.8, 4) is 0 Å². The molecular formula is C9H10ClFN2O2. The summed E-state index contributed by atoms with van der Waals surface area (Å²) in [6.45, 7) is 0. The van der Waals surface area contributed by atoms with E-state index >= 15 is 0 Å². The molecule has 82 valence electrons. The van der Waals surface area contributed by atoms with Crippen molar-refractivity contribution in [3.05, 3.63) is 34.6 Å². The number of carbonyl (C=O) groups is 1. The highest BCUT2D eigenvalue weighted by Crippen LogP contribution is 2.21. The summed E-state index contributed by atoms with van der Waals surface area (Å²) in [6.07, 6.45) is 0. The molecule has 0 radical (unpaired) electrons. The fourth-order valence-corrected chi connectivity index (χ4v) is 1.27. The SMILES string of the molecule is NC(C(=O)O)C(N)c1ccc(F)c(Cl)c1. The molecule has 1 aromatic carbocycles. The van der Waals surface area contributed by atoms with Gasteiger partial charge in [-0.1, -0.05) is 17.7 Å². The van der Waals surface area contributed by atoms with E-state index in [9.17, 15) is 9.18 Å². The van der Waals surface area contributed by atoms with Gasteiger partial charge in [-0.25, -0.2) is 4.39 Å². The first kappa shape index (κ1) is 11.9. The predicted octanol–water partition coefficient (Wildman–Crippen LogP) is 0.891. The van der Waals surface area contributed by atoms with Crippen molar-refractivity contribution in [1.29, 1.82) is 0 Å². The molecule has 5 N–H and O–H groups in total. The summed E-state index contributed by atoms with van der Waals surface area (Å²) in [5.74, 6) is -1.81. The van der Waals surface area contributed by atoms with Crippen LogP contribution in [0.3, 0.4) is 0 Å². The standard InChI is InChI=1S/C9H10ClFN2O2/c10-5-3-4(1-2-6(5)11)7(12)8(13)9(14)15/h1-3,7-8H,12-13H2,(H,14,15). The van der Waals surface area contributed by atoms with Crippen molar-refractivity contribution in [3.63, 3.8) is 0 Å². The molecule has 0 aliphatic carbocycles. The quantitative estimate of drug-likeness (QED) is 0.722. The first-order valence-electron chi connectivity index (χ1n) is 4.12. The minimum atomic E-state index is -1.24. The molecule has 2 unspecified atom stereocenters. The van der Waals surface area contributed by atoms with Crippen LogP contribution in [-0.2, 0) is 4.79 Å². The van der Waals surface area contributed by atoms with Crippen molar-refractivity contribution in [2.75, 3.05) is 0 Å². The molecule has 0 fully saturated rings. The van der Waals surface area contributed by atoms with Gasteiger partial charge in [-0.2, -0.15) is 0 Å². The summed E-state index contributed by atoms with van der Waals surface area (Å²) in [6, 6.07) is 1.58. The summed E-state index contributed by atoms with van der Waals surface area (Å²) in [5, 5.41) is 8.51. The highest BCUT2D eigenvalue weighted by molar-refractivity contribution is 6.30. The Morgan fingerprint density at radius 2 is 2.07 bits per heavy atom. The van der Waals surface area contributed by atoms with Crippen LogP contribution in [0.25, 0.3) is 0 Å². The number of benzene rings is 1. The Morgan fingerprint density at radius 3 is 2.53 bits per heavy atom. The van der Waals surface area contributed by atoms with Gasteiger partial charge in [0.25, 0.3) is 0 Å². The van der Waals surface area contributed by atoms with Crippen molar-refractivity contribution in [2.45, 2.75) is 12.1 Å². The van der Waals surface area contributed by atoms with Crippen LogP contribution in [0, 0.1) is 5.82 Å². The molecule has 0 spiro atoms. The summed E-state index contributed by atoms with van der Waals surface area (Å²) in [4.78, 5) is 10.6. The van der Waals surface area contributed by atoms with Gasteiger partial charge in [-0.15, -0.1) is 0 Å². The molecule has 1 rings (SSSR count). The normalized spacial score (nSPS) is 14.7. The van der Waals surface area contributed by atoms with Crippen molar-refractivity contribution in [2.24, 2.45) is 11.5 Å². The van der Waals surface area contributed by atoms with Gasteiger partial charge in [0, 0.05) is 0 Å². The van der Waals surface area contributed by atoms with Crippen LogP contribution in [0.4, 0.5) is 4.39 Å². The van der Waals surface area contributed by atoms with Crippen molar-refractivity contribution < 1.29 is 14.3 Å². The Bertz CT molecular complexity index is 386. The number of nitrogens with two attached hydrogens (primary N) is 2. The lowest BCUT2D eigenvalue weighted by Crippen LogP contribution is -2.40. The number of aliphatic carboxylic acids is 1. The molecule has 0 aromatic heterocycles.